The predicted molar refractivity (Wildman–Crippen MR) is 47.1 cm³/mol. The summed E-state index contributed by atoms with van der Waals surface area (Å²) in [6.45, 7) is 4.17. The third kappa shape index (κ3) is 1.13. The molecule has 0 radical (unpaired) electrons. The topological polar surface area (TPSA) is 24.7 Å². The number of nitrogens with zero attached hydrogens (tertiary/aromatic N) is 2. The van der Waals surface area contributed by atoms with Crippen molar-refractivity contribution in [2.45, 2.75) is 33.1 Å². The Morgan fingerprint density at radius 3 is 2.45 bits per heavy atom. The fourth-order valence-corrected chi connectivity index (χ4v) is 1.57. The van der Waals surface area contributed by atoms with Crippen LogP contribution in [-0.2, 0) is 0 Å². The van der Waals surface area contributed by atoms with Gasteiger partial charge >= 0.3 is 0 Å². The molecule has 0 saturated heterocycles. The molecule has 11 heavy (non-hydrogen) atoms. The summed E-state index contributed by atoms with van der Waals surface area (Å²) < 4.78 is 0. The molecule has 0 aromatic rings. The summed E-state index contributed by atoms with van der Waals surface area (Å²) in [6, 6.07) is 0. The van der Waals surface area contributed by atoms with Gasteiger partial charge in [0.2, 0.25) is 0 Å². The maximum atomic E-state index is 4.48. The van der Waals surface area contributed by atoms with E-state index in [0.717, 1.165) is 19.3 Å². The van der Waals surface area contributed by atoms with Crippen molar-refractivity contribution in [2.24, 2.45) is 9.98 Å². The van der Waals surface area contributed by atoms with Crippen LogP contribution in [0.3, 0.4) is 0 Å². The van der Waals surface area contributed by atoms with Gasteiger partial charge in [-0.2, -0.15) is 0 Å². The minimum Gasteiger partial charge on any atom is -0.260 e. The third-order valence-electron chi connectivity index (χ3n) is 2.13. The van der Waals surface area contributed by atoms with Crippen molar-refractivity contribution in [3.8, 4) is 0 Å². The zero-order valence-corrected chi connectivity index (χ0v) is 7.02. The van der Waals surface area contributed by atoms with Gasteiger partial charge in [0.25, 0.3) is 0 Å². The van der Waals surface area contributed by atoms with Gasteiger partial charge < -0.3 is 0 Å². The van der Waals surface area contributed by atoms with Gasteiger partial charge in [-0.25, -0.2) is 0 Å². The van der Waals surface area contributed by atoms with Crippen molar-refractivity contribution >= 4 is 11.4 Å². The van der Waals surface area contributed by atoms with E-state index >= 15 is 0 Å². The van der Waals surface area contributed by atoms with Gasteiger partial charge in [0, 0.05) is 17.8 Å². The van der Waals surface area contributed by atoms with E-state index in [9.17, 15) is 0 Å². The smallest absolute Gasteiger partial charge is 0.0673 e. The van der Waals surface area contributed by atoms with Crippen LogP contribution in [0, 0.1) is 0 Å². The number of allylic oxidation sites excluding steroid dienone is 2. The second-order valence-corrected chi connectivity index (χ2v) is 3.26. The highest BCUT2D eigenvalue weighted by Crippen LogP contribution is 2.28. The lowest BCUT2D eigenvalue weighted by Gasteiger charge is -2.08. The molecule has 0 aliphatic carbocycles. The first-order valence-corrected chi connectivity index (χ1v) is 4.06. The molecule has 0 atom stereocenters. The molecule has 2 aliphatic rings. The Morgan fingerprint density at radius 1 is 0.909 bits per heavy atom. The minimum absolute atomic E-state index is 0.979. The molecule has 0 N–H and O–H groups in total. The number of rotatable bonds is 0. The van der Waals surface area contributed by atoms with E-state index in [-0.39, 0.29) is 0 Å². The molecular formula is C9H12N2. The second kappa shape index (κ2) is 2.29. The van der Waals surface area contributed by atoms with Gasteiger partial charge in [0.1, 0.15) is 0 Å². The van der Waals surface area contributed by atoms with E-state index in [1.54, 1.807) is 0 Å². The Balaban J connectivity index is 2.31. The van der Waals surface area contributed by atoms with Crippen LogP contribution in [0.2, 0.25) is 0 Å². The molecule has 2 rings (SSSR count). The van der Waals surface area contributed by atoms with Crippen molar-refractivity contribution in [3.05, 3.63) is 11.4 Å². The summed E-state index contributed by atoms with van der Waals surface area (Å²) in [4.78, 5) is 8.91. The van der Waals surface area contributed by atoms with Gasteiger partial charge in [-0.15, -0.1) is 0 Å². The van der Waals surface area contributed by atoms with Crippen molar-refractivity contribution in [2.75, 3.05) is 0 Å². The van der Waals surface area contributed by atoms with Crippen molar-refractivity contribution in [1.29, 1.82) is 0 Å². The summed E-state index contributed by atoms with van der Waals surface area (Å²) in [5, 5.41) is 0. The van der Waals surface area contributed by atoms with Crippen LogP contribution in [-0.4, -0.2) is 11.4 Å². The molecule has 2 heterocycles. The summed E-state index contributed by atoms with van der Waals surface area (Å²) in [5.74, 6) is 0. The van der Waals surface area contributed by atoms with E-state index < -0.39 is 0 Å². The lowest BCUT2D eigenvalue weighted by Crippen LogP contribution is -1.99. The Bertz CT molecular complexity index is 282. The maximum absolute atomic E-state index is 4.48. The van der Waals surface area contributed by atoms with E-state index in [1.807, 2.05) is 0 Å². The zero-order chi connectivity index (χ0) is 7.84. The third-order valence-corrected chi connectivity index (χ3v) is 2.13. The Hall–Kier alpha value is -0.920. The first-order valence-electron chi connectivity index (χ1n) is 4.06. The summed E-state index contributed by atoms with van der Waals surface area (Å²) in [5.41, 5.74) is 4.92. The number of aliphatic imine (C=N–C) groups is 2. The van der Waals surface area contributed by atoms with Crippen LogP contribution in [0.4, 0.5) is 0 Å². The molecule has 2 heteroatoms. The molecule has 0 unspecified atom stereocenters. The van der Waals surface area contributed by atoms with Crippen molar-refractivity contribution in [3.63, 3.8) is 0 Å². The molecule has 0 spiro atoms. The molecule has 2 nitrogen and oxygen atoms in total. The SMILES string of the molecule is CC1=NC2=C(C1)N=C(C)CC2. The first-order chi connectivity index (χ1) is 5.25. The molecule has 0 bridgehead atoms. The largest absolute Gasteiger partial charge is 0.260 e. The van der Waals surface area contributed by atoms with Gasteiger partial charge in [0.15, 0.2) is 0 Å². The molecular weight excluding hydrogens is 136 g/mol. The first kappa shape index (κ1) is 6.77. The highest BCUT2D eigenvalue weighted by molar-refractivity contribution is 5.91. The Morgan fingerprint density at radius 2 is 1.64 bits per heavy atom. The Labute approximate surface area is 66.7 Å². The highest BCUT2D eigenvalue weighted by atomic mass is 14.9. The lowest BCUT2D eigenvalue weighted by atomic mass is 10.1. The maximum Gasteiger partial charge on any atom is 0.0673 e. The number of hydrogen-bond acceptors (Lipinski definition) is 2. The van der Waals surface area contributed by atoms with Crippen LogP contribution >= 0.6 is 0 Å². The van der Waals surface area contributed by atoms with Crippen LogP contribution in [0.5, 0.6) is 0 Å². The molecule has 0 aromatic carbocycles. The summed E-state index contributed by atoms with van der Waals surface area (Å²) in [6.07, 6.45) is 3.17. The lowest BCUT2D eigenvalue weighted by molar-refractivity contribution is 0.929. The molecule has 58 valence electrons. The normalized spacial score (nSPS) is 23.1. The van der Waals surface area contributed by atoms with Gasteiger partial charge in [0.05, 0.1) is 11.4 Å². The van der Waals surface area contributed by atoms with E-state index in [1.165, 1.54) is 22.8 Å². The van der Waals surface area contributed by atoms with Crippen molar-refractivity contribution < 1.29 is 0 Å². The summed E-state index contributed by atoms with van der Waals surface area (Å²) in [7, 11) is 0. The zero-order valence-electron chi connectivity index (χ0n) is 7.02. The molecule has 0 saturated carbocycles. The van der Waals surface area contributed by atoms with Crippen LogP contribution in [0.15, 0.2) is 21.4 Å². The van der Waals surface area contributed by atoms with E-state index in [2.05, 4.69) is 23.8 Å². The number of hydrogen-bond donors (Lipinski definition) is 0. The molecule has 0 aromatic heterocycles. The fourth-order valence-electron chi connectivity index (χ4n) is 1.57. The quantitative estimate of drug-likeness (QED) is 0.503. The van der Waals surface area contributed by atoms with Gasteiger partial charge in [-0.3, -0.25) is 9.98 Å². The van der Waals surface area contributed by atoms with Gasteiger partial charge in [-0.05, 0) is 26.7 Å². The average molecular weight is 148 g/mol. The molecule has 0 fully saturated rings. The average Bonchev–Trinajstić information content (AvgIpc) is 2.27. The monoisotopic (exact) mass is 148 g/mol. The van der Waals surface area contributed by atoms with Gasteiger partial charge in [-0.1, -0.05) is 0 Å². The summed E-state index contributed by atoms with van der Waals surface area (Å²) >= 11 is 0. The molecule has 0 amide bonds. The highest BCUT2D eigenvalue weighted by Gasteiger charge is 2.17. The van der Waals surface area contributed by atoms with E-state index in [0.29, 0.717) is 0 Å². The minimum atomic E-state index is 0.979. The van der Waals surface area contributed by atoms with Crippen LogP contribution in [0.1, 0.15) is 33.1 Å². The molecule has 2 aliphatic heterocycles. The van der Waals surface area contributed by atoms with Crippen molar-refractivity contribution in [1.82, 2.24) is 0 Å². The Kier molecular flexibility index (Phi) is 1.41. The standard InChI is InChI=1S/C9H12N2/c1-6-3-4-8-9(10-6)5-7(2)11-8/h3-5H2,1-2H3. The predicted octanol–water partition coefficient (Wildman–Crippen LogP) is 2.32. The van der Waals surface area contributed by atoms with Crippen LogP contribution < -0.4 is 0 Å². The van der Waals surface area contributed by atoms with E-state index in [4.69, 9.17) is 0 Å². The second-order valence-electron chi connectivity index (χ2n) is 3.26. The van der Waals surface area contributed by atoms with Crippen LogP contribution in [0.25, 0.3) is 0 Å². The fraction of sp³-hybridized carbons (Fsp3) is 0.556.